The Morgan fingerprint density at radius 2 is 2.08 bits per heavy atom. The molecule has 4 aromatic rings. The van der Waals surface area contributed by atoms with Gasteiger partial charge in [-0.2, -0.15) is 4.98 Å². The second kappa shape index (κ2) is 6.60. The summed E-state index contributed by atoms with van der Waals surface area (Å²) in [6, 6.07) is 11.2. The number of para-hydroxylation sites is 2. The average Bonchev–Trinajstić information content (AvgIpc) is 3.37. The van der Waals surface area contributed by atoms with E-state index in [9.17, 15) is 4.79 Å². The van der Waals surface area contributed by atoms with Crippen LogP contribution in [0.3, 0.4) is 0 Å². The number of imidazole rings is 1. The quantitative estimate of drug-likeness (QED) is 0.559. The van der Waals surface area contributed by atoms with Crippen LogP contribution in [0.4, 0.5) is 0 Å². The number of fused-ring (bicyclic) bond motifs is 1. The zero-order valence-electron chi connectivity index (χ0n) is 13.2. The zero-order chi connectivity index (χ0) is 17.1. The standard InChI is InChI=1S/C17H15N5O3/c23-15(18-10-14-19-11-4-1-2-5-12(11)20-14)7-8-16-21-17(22-25-16)13-6-3-9-24-13/h1-6,9H,7-8,10H2,(H,18,23)(H,19,20). The number of carbonyl (C=O) groups is 1. The lowest BCUT2D eigenvalue weighted by molar-refractivity contribution is -0.121. The third-order valence-electron chi connectivity index (χ3n) is 3.67. The Balaban J connectivity index is 1.29. The molecule has 3 aromatic heterocycles. The van der Waals surface area contributed by atoms with Crippen molar-refractivity contribution in [2.24, 2.45) is 0 Å². The van der Waals surface area contributed by atoms with Crippen molar-refractivity contribution >= 4 is 16.9 Å². The highest BCUT2D eigenvalue weighted by Crippen LogP contribution is 2.16. The number of rotatable bonds is 6. The fraction of sp³-hybridized carbons (Fsp3) is 0.176. The number of nitrogens with one attached hydrogen (secondary N) is 2. The minimum Gasteiger partial charge on any atom is -0.461 e. The molecule has 0 aliphatic heterocycles. The van der Waals surface area contributed by atoms with Gasteiger partial charge in [-0.1, -0.05) is 17.3 Å². The Bertz CT molecular complexity index is 954. The van der Waals surface area contributed by atoms with Crippen molar-refractivity contribution < 1.29 is 13.7 Å². The maximum Gasteiger partial charge on any atom is 0.238 e. The molecule has 0 atom stereocenters. The SMILES string of the molecule is O=C(CCc1nc(-c2ccco2)no1)NCc1nc2ccccc2[nH]1. The molecule has 25 heavy (non-hydrogen) atoms. The lowest BCUT2D eigenvalue weighted by Gasteiger charge is -2.01. The van der Waals surface area contributed by atoms with E-state index in [-0.39, 0.29) is 12.3 Å². The van der Waals surface area contributed by atoms with Gasteiger partial charge in [-0.3, -0.25) is 4.79 Å². The van der Waals surface area contributed by atoms with Gasteiger partial charge in [-0.05, 0) is 24.3 Å². The third-order valence-corrected chi connectivity index (χ3v) is 3.67. The third kappa shape index (κ3) is 3.42. The molecule has 126 valence electrons. The fourth-order valence-electron chi connectivity index (χ4n) is 2.44. The van der Waals surface area contributed by atoms with Crippen molar-refractivity contribution in [3.05, 3.63) is 54.4 Å². The van der Waals surface area contributed by atoms with Crippen LogP contribution in [0.5, 0.6) is 0 Å². The molecule has 2 N–H and O–H groups in total. The molecule has 0 radical (unpaired) electrons. The van der Waals surface area contributed by atoms with Gasteiger partial charge in [-0.15, -0.1) is 0 Å². The molecule has 0 fully saturated rings. The normalized spacial score (nSPS) is 11.0. The van der Waals surface area contributed by atoms with Gasteiger partial charge in [0.2, 0.25) is 17.6 Å². The first-order valence-corrected chi connectivity index (χ1v) is 7.85. The Hall–Kier alpha value is -3.42. The van der Waals surface area contributed by atoms with Crippen LogP contribution >= 0.6 is 0 Å². The molecular formula is C17H15N5O3. The van der Waals surface area contributed by atoms with Crippen LogP contribution in [0.1, 0.15) is 18.1 Å². The van der Waals surface area contributed by atoms with E-state index in [1.807, 2.05) is 24.3 Å². The molecule has 0 spiro atoms. The molecule has 1 aromatic carbocycles. The largest absolute Gasteiger partial charge is 0.461 e. The highest BCUT2D eigenvalue weighted by Gasteiger charge is 2.12. The number of hydrogen-bond donors (Lipinski definition) is 2. The lowest BCUT2D eigenvalue weighted by Crippen LogP contribution is -2.23. The number of nitrogens with zero attached hydrogens (tertiary/aromatic N) is 3. The molecule has 3 heterocycles. The van der Waals surface area contributed by atoms with E-state index in [0.29, 0.717) is 36.3 Å². The van der Waals surface area contributed by atoms with Gasteiger partial charge in [0.05, 0.1) is 23.8 Å². The van der Waals surface area contributed by atoms with Gasteiger partial charge in [0.25, 0.3) is 0 Å². The predicted molar refractivity (Wildman–Crippen MR) is 88.3 cm³/mol. The summed E-state index contributed by atoms with van der Waals surface area (Å²) >= 11 is 0. The van der Waals surface area contributed by atoms with Gasteiger partial charge in [0.1, 0.15) is 5.82 Å². The number of hydrogen-bond acceptors (Lipinski definition) is 6. The van der Waals surface area contributed by atoms with Crippen LogP contribution in [-0.2, 0) is 17.8 Å². The van der Waals surface area contributed by atoms with E-state index in [1.165, 1.54) is 6.26 Å². The highest BCUT2D eigenvalue weighted by molar-refractivity contribution is 5.77. The monoisotopic (exact) mass is 337 g/mol. The number of furan rings is 1. The first-order chi connectivity index (χ1) is 12.3. The number of aryl methyl sites for hydroxylation is 1. The van der Waals surface area contributed by atoms with E-state index in [2.05, 4.69) is 25.4 Å². The topological polar surface area (TPSA) is 110 Å². The maximum atomic E-state index is 12.0. The summed E-state index contributed by atoms with van der Waals surface area (Å²) in [6.07, 6.45) is 2.15. The van der Waals surface area contributed by atoms with Crippen molar-refractivity contribution in [3.8, 4) is 11.6 Å². The zero-order valence-corrected chi connectivity index (χ0v) is 13.2. The molecule has 4 rings (SSSR count). The number of H-pyrrole nitrogens is 1. The maximum absolute atomic E-state index is 12.0. The fourth-order valence-corrected chi connectivity index (χ4v) is 2.44. The van der Waals surface area contributed by atoms with Crippen molar-refractivity contribution in [1.82, 2.24) is 25.4 Å². The van der Waals surface area contributed by atoms with Crippen LogP contribution in [0.25, 0.3) is 22.6 Å². The van der Waals surface area contributed by atoms with E-state index < -0.39 is 0 Å². The molecule has 8 nitrogen and oxygen atoms in total. The van der Waals surface area contributed by atoms with Crippen molar-refractivity contribution in [2.75, 3.05) is 0 Å². The van der Waals surface area contributed by atoms with Crippen LogP contribution in [0.2, 0.25) is 0 Å². The molecule has 0 saturated heterocycles. The van der Waals surface area contributed by atoms with Crippen LogP contribution < -0.4 is 5.32 Å². The Morgan fingerprint density at radius 3 is 2.92 bits per heavy atom. The minimum absolute atomic E-state index is 0.113. The van der Waals surface area contributed by atoms with Crippen molar-refractivity contribution in [3.63, 3.8) is 0 Å². The van der Waals surface area contributed by atoms with E-state index in [0.717, 1.165) is 11.0 Å². The van der Waals surface area contributed by atoms with E-state index >= 15 is 0 Å². The lowest BCUT2D eigenvalue weighted by atomic mass is 10.3. The number of aromatic nitrogens is 4. The van der Waals surface area contributed by atoms with E-state index in [4.69, 9.17) is 8.94 Å². The number of carbonyl (C=O) groups excluding carboxylic acids is 1. The van der Waals surface area contributed by atoms with Gasteiger partial charge >= 0.3 is 0 Å². The first-order valence-electron chi connectivity index (χ1n) is 7.85. The molecule has 0 unspecified atom stereocenters. The molecule has 0 aliphatic rings. The van der Waals surface area contributed by atoms with Gasteiger partial charge in [-0.25, -0.2) is 4.98 Å². The first kappa shape index (κ1) is 15.1. The highest BCUT2D eigenvalue weighted by atomic mass is 16.5. The molecule has 8 heteroatoms. The summed E-state index contributed by atoms with van der Waals surface area (Å²) in [5.41, 5.74) is 1.83. The molecule has 0 bridgehead atoms. The smallest absolute Gasteiger partial charge is 0.238 e. The minimum atomic E-state index is -0.113. The molecule has 0 aliphatic carbocycles. The second-order valence-electron chi connectivity index (χ2n) is 5.47. The summed E-state index contributed by atoms with van der Waals surface area (Å²) in [4.78, 5) is 23.8. The summed E-state index contributed by atoms with van der Waals surface area (Å²) in [7, 11) is 0. The van der Waals surface area contributed by atoms with Crippen LogP contribution in [-0.4, -0.2) is 26.0 Å². The summed E-state index contributed by atoms with van der Waals surface area (Å²) in [5.74, 6) is 1.91. The predicted octanol–water partition coefficient (Wildman–Crippen LogP) is 2.45. The number of aromatic amines is 1. The van der Waals surface area contributed by atoms with Crippen LogP contribution in [0.15, 0.2) is 51.6 Å². The Labute approximate surface area is 142 Å². The van der Waals surface area contributed by atoms with Crippen molar-refractivity contribution in [1.29, 1.82) is 0 Å². The van der Waals surface area contributed by atoms with Gasteiger partial charge in [0, 0.05) is 12.8 Å². The average molecular weight is 337 g/mol. The van der Waals surface area contributed by atoms with E-state index in [1.54, 1.807) is 12.1 Å². The molecule has 0 saturated carbocycles. The summed E-state index contributed by atoms with van der Waals surface area (Å²) in [6.45, 7) is 0.342. The van der Waals surface area contributed by atoms with Gasteiger partial charge < -0.3 is 19.2 Å². The second-order valence-corrected chi connectivity index (χ2v) is 5.47. The number of benzene rings is 1. The van der Waals surface area contributed by atoms with Gasteiger partial charge in [0.15, 0.2) is 5.76 Å². The Kier molecular flexibility index (Phi) is 3.99. The van der Waals surface area contributed by atoms with Crippen molar-refractivity contribution in [2.45, 2.75) is 19.4 Å². The molecular weight excluding hydrogens is 322 g/mol. The number of amides is 1. The summed E-state index contributed by atoms with van der Waals surface area (Å²) < 4.78 is 10.3. The Morgan fingerprint density at radius 1 is 1.16 bits per heavy atom. The molecule has 1 amide bonds. The summed E-state index contributed by atoms with van der Waals surface area (Å²) in [5, 5.41) is 6.65. The van der Waals surface area contributed by atoms with Crippen LogP contribution in [0, 0.1) is 0 Å².